The molecule has 1 saturated heterocycles. The number of nitrogens with zero attached hydrogens (tertiary/aromatic N) is 2. The van der Waals surface area contributed by atoms with Crippen molar-refractivity contribution in [1.29, 1.82) is 0 Å². The lowest BCUT2D eigenvalue weighted by Gasteiger charge is -2.38. The van der Waals surface area contributed by atoms with Gasteiger partial charge in [-0.15, -0.1) is 0 Å². The molecule has 116 valence electrons. The minimum atomic E-state index is -0.728. The van der Waals surface area contributed by atoms with Gasteiger partial charge in [0.05, 0.1) is 19.3 Å². The van der Waals surface area contributed by atoms with Crippen molar-refractivity contribution in [2.24, 2.45) is 0 Å². The van der Waals surface area contributed by atoms with Crippen LogP contribution in [0, 0.1) is 0 Å². The third-order valence-corrected chi connectivity index (χ3v) is 4.52. The van der Waals surface area contributed by atoms with Crippen molar-refractivity contribution in [3.8, 4) is 0 Å². The maximum atomic E-state index is 11.1. The first-order chi connectivity index (χ1) is 9.56. The molecule has 1 heterocycles. The van der Waals surface area contributed by atoms with E-state index in [9.17, 15) is 4.79 Å². The van der Waals surface area contributed by atoms with Gasteiger partial charge in [-0.05, 0) is 26.7 Å². The Kier molecular flexibility index (Phi) is 5.81. The van der Waals surface area contributed by atoms with Crippen molar-refractivity contribution in [3.05, 3.63) is 0 Å². The summed E-state index contributed by atoms with van der Waals surface area (Å²) < 4.78 is 5.85. The van der Waals surface area contributed by atoms with Crippen molar-refractivity contribution in [2.75, 3.05) is 32.8 Å². The molecule has 2 aliphatic rings. The van der Waals surface area contributed by atoms with Gasteiger partial charge in [0.1, 0.15) is 0 Å². The maximum absolute atomic E-state index is 11.1. The van der Waals surface area contributed by atoms with E-state index in [-0.39, 0.29) is 12.6 Å². The SMILES string of the molecule is CC(C)N1CCOC(CN(CC(=O)O)C2CCCC2)C1. The van der Waals surface area contributed by atoms with Crippen LogP contribution in [-0.4, -0.2) is 71.8 Å². The standard InChI is InChI=1S/C15H28N2O3/c1-12(2)16-7-8-20-14(9-16)10-17(11-15(18)19)13-5-3-4-6-13/h12-14H,3-11H2,1-2H3,(H,18,19). The second kappa shape index (κ2) is 7.38. The summed E-state index contributed by atoms with van der Waals surface area (Å²) in [4.78, 5) is 15.6. The molecule has 0 amide bonds. The highest BCUT2D eigenvalue weighted by Gasteiger charge is 2.29. The zero-order valence-electron chi connectivity index (χ0n) is 12.8. The Bertz CT molecular complexity index is 316. The largest absolute Gasteiger partial charge is 0.480 e. The van der Waals surface area contributed by atoms with E-state index >= 15 is 0 Å². The number of hydrogen-bond donors (Lipinski definition) is 1. The van der Waals surface area contributed by atoms with Crippen molar-refractivity contribution in [3.63, 3.8) is 0 Å². The van der Waals surface area contributed by atoms with Crippen LogP contribution in [0.4, 0.5) is 0 Å². The molecule has 0 bridgehead atoms. The van der Waals surface area contributed by atoms with Crippen molar-refractivity contribution in [1.82, 2.24) is 9.80 Å². The van der Waals surface area contributed by atoms with Crippen LogP contribution in [0.5, 0.6) is 0 Å². The molecule has 1 N–H and O–H groups in total. The third-order valence-electron chi connectivity index (χ3n) is 4.52. The summed E-state index contributed by atoms with van der Waals surface area (Å²) in [7, 11) is 0. The highest BCUT2D eigenvalue weighted by Crippen LogP contribution is 2.24. The number of morpholine rings is 1. The molecule has 0 radical (unpaired) electrons. The van der Waals surface area contributed by atoms with Gasteiger partial charge in [0.25, 0.3) is 0 Å². The van der Waals surface area contributed by atoms with Crippen LogP contribution in [0.25, 0.3) is 0 Å². The van der Waals surface area contributed by atoms with Crippen LogP contribution in [0.15, 0.2) is 0 Å². The van der Waals surface area contributed by atoms with Gasteiger partial charge >= 0.3 is 5.97 Å². The summed E-state index contributed by atoms with van der Waals surface area (Å²) in [6.45, 7) is 7.96. The van der Waals surface area contributed by atoms with Crippen molar-refractivity contribution >= 4 is 5.97 Å². The first-order valence-corrected chi connectivity index (χ1v) is 7.87. The molecule has 20 heavy (non-hydrogen) atoms. The molecule has 1 unspecified atom stereocenters. The number of carboxylic acids is 1. The Hall–Kier alpha value is -0.650. The predicted octanol–water partition coefficient (Wildman–Crippen LogP) is 1.42. The Balaban J connectivity index is 1.90. The fourth-order valence-electron chi connectivity index (χ4n) is 3.37. The van der Waals surface area contributed by atoms with Crippen molar-refractivity contribution in [2.45, 2.75) is 57.7 Å². The Morgan fingerprint density at radius 1 is 1.40 bits per heavy atom. The molecular formula is C15H28N2O3. The zero-order valence-corrected chi connectivity index (χ0v) is 12.8. The summed E-state index contributed by atoms with van der Waals surface area (Å²) in [5.41, 5.74) is 0. The van der Waals surface area contributed by atoms with E-state index in [2.05, 4.69) is 23.6 Å². The molecule has 1 saturated carbocycles. The van der Waals surface area contributed by atoms with Crippen LogP contribution in [0.1, 0.15) is 39.5 Å². The smallest absolute Gasteiger partial charge is 0.317 e. The third kappa shape index (κ3) is 4.43. The van der Waals surface area contributed by atoms with Crippen LogP contribution in [0.3, 0.4) is 0 Å². The van der Waals surface area contributed by atoms with Gasteiger partial charge in [-0.25, -0.2) is 0 Å². The molecule has 0 aromatic carbocycles. The van der Waals surface area contributed by atoms with Crippen LogP contribution in [-0.2, 0) is 9.53 Å². The Morgan fingerprint density at radius 3 is 2.70 bits per heavy atom. The zero-order chi connectivity index (χ0) is 14.5. The molecule has 5 heteroatoms. The molecule has 1 aliphatic heterocycles. The molecule has 1 aliphatic carbocycles. The lowest BCUT2D eigenvalue weighted by molar-refractivity contribution is -0.140. The lowest BCUT2D eigenvalue weighted by atomic mass is 10.1. The molecule has 0 spiro atoms. The second-order valence-electron chi connectivity index (χ2n) is 6.34. The van der Waals surface area contributed by atoms with Gasteiger partial charge in [0.2, 0.25) is 0 Å². The number of ether oxygens (including phenoxy) is 1. The summed E-state index contributed by atoms with van der Waals surface area (Å²) in [6, 6.07) is 0.963. The van der Waals surface area contributed by atoms with Gasteiger partial charge < -0.3 is 9.84 Å². The number of carbonyl (C=O) groups is 1. The molecular weight excluding hydrogens is 256 g/mol. The monoisotopic (exact) mass is 284 g/mol. The van der Waals surface area contributed by atoms with E-state index < -0.39 is 5.97 Å². The average molecular weight is 284 g/mol. The minimum absolute atomic E-state index is 0.145. The fourth-order valence-corrected chi connectivity index (χ4v) is 3.37. The molecule has 2 rings (SSSR count). The normalized spacial score (nSPS) is 25.7. The predicted molar refractivity (Wildman–Crippen MR) is 77.9 cm³/mol. The van der Waals surface area contributed by atoms with E-state index in [1.165, 1.54) is 12.8 Å². The number of rotatable bonds is 6. The Labute approximate surface area is 121 Å². The first-order valence-electron chi connectivity index (χ1n) is 7.87. The highest BCUT2D eigenvalue weighted by atomic mass is 16.5. The van der Waals surface area contributed by atoms with E-state index in [0.29, 0.717) is 12.1 Å². The van der Waals surface area contributed by atoms with Gasteiger partial charge in [0.15, 0.2) is 0 Å². The quantitative estimate of drug-likeness (QED) is 0.799. The van der Waals surface area contributed by atoms with Crippen LogP contribution in [0.2, 0.25) is 0 Å². The summed E-state index contributed by atoms with van der Waals surface area (Å²) in [5, 5.41) is 9.12. The van der Waals surface area contributed by atoms with Gasteiger partial charge in [-0.3, -0.25) is 14.6 Å². The topological polar surface area (TPSA) is 53.0 Å². The van der Waals surface area contributed by atoms with Gasteiger partial charge in [-0.1, -0.05) is 12.8 Å². The highest BCUT2D eigenvalue weighted by molar-refractivity contribution is 5.69. The minimum Gasteiger partial charge on any atom is -0.480 e. The summed E-state index contributed by atoms with van der Waals surface area (Å²) >= 11 is 0. The first kappa shape index (κ1) is 15.7. The summed E-state index contributed by atoms with van der Waals surface area (Å²) in [6.07, 6.45) is 4.86. The van der Waals surface area contributed by atoms with Crippen LogP contribution < -0.4 is 0 Å². The molecule has 1 atom stereocenters. The van der Waals surface area contributed by atoms with E-state index in [1.807, 2.05) is 0 Å². The maximum Gasteiger partial charge on any atom is 0.317 e. The van der Waals surface area contributed by atoms with Crippen molar-refractivity contribution < 1.29 is 14.6 Å². The molecule has 5 nitrogen and oxygen atoms in total. The fraction of sp³-hybridized carbons (Fsp3) is 0.933. The molecule has 0 aromatic rings. The van der Waals surface area contributed by atoms with E-state index in [4.69, 9.17) is 9.84 Å². The Morgan fingerprint density at radius 2 is 2.10 bits per heavy atom. The molecule has 0 aromatic heterocycles. The van der Waals surface area contributed by atoms with E-state index in [1.54, 1.807) is 0 Å². The van der Waals surface area contributed by atoms with Gasteiger partial charge in [-0.2, -0.15) is 0 Å². The molecule has 2 fully saturated rings. The van der Waals surface area contributed by atoms with Gasteiger partial charge in [0, 0.05) is 31.7 Å². The van der Waals surface area contributed by atoms with Crippen LogP contribution >= 0.6 is 0 Å². The lowest BCUT2D eigenvalue weighted by Crippen LogP contribution is -2.51. The number of carboxylic acid groups (broad SMARTS) is 1. The number of hydrogen-bond acceptors (Lipinski definition) is 4. The van der Waals surface area contributed by atoms with E-state index in [0.717, 1.165) is 39.1 Å². The average Bonchev–Trinajstić information content (AvgIpc) is 2.91. The second-order valence-corrected chi connectivity index (χ2v) is 6.34. The number of aliphatic carboxylic acids is 1. The summed E-state index contributed by atoms with van der Waals surface area (Å²) in [5.74, 6) is -0.728.